The predicted molar refractivity (Wildman–Crippen MR) is 121 cm³/mol. The molecule has 1 aliphatic heterocycles. The molecule has 0 amide bonds. The molecule has 5 heteroatoms. The van der Waals surface area contributed by atoms with E-state index in [0.717, 1.165) is 27.8 Å². The summed E-state index contributed by atoms with van der Waals surface area (Å²) in [6.07, 6.45) is 1.54. The number of benzene rings is 3. The largest absolute Gasteiger partial charge is 0.478 e. The van der Waals surface area contributed by atoms with Crippen LogP contribution in [0.5, 0.6) is 0 Å². The number of aliphatic carboxylic acids is 1. The van der Waals surface area contributed by atoms with Crippen LogP contribution in [0.3, 0.4) is 0 Å². The van der Waals surface area contributed by atoms with E-state index in [2.05, 4.69) is 24.3 Å². The standard InChI is InChI=1S/C27H23NO4/c1-2-32-26(31)24-16-18(25(29)30)17-28(24)27(19-10-4-3-5-11-19)22-14-8-6-12-20(22)21-13-7-9-15-23(21)27/h3-16,24H,2,17H2,1H3,(H,29,30)/t24-/m0/s1. The molecule has 0 unspecified atom stereocenters. The topological polar surface area (TPSA) is 66.8 Å². The molecule has 0 saturated carbocycles. The van der Waals surface area contributed by atoms with Crippen molar-refractivity contribution >= 4 is 11.9 Å². The van der Waals surface area contributed by atoms with Crippen LogP contribution in [0.25, 0.3) is 11.1 Å². The van der Waals surface area contributed by atoms with E-state index < -0.39 is 23.5 Å². The van der Waals surface area contributed by atoms with Crippen molar-refractivity contribution in [3.63, 3.8) is 0 Å². The molecule has 32 heavy (non-hydrogen) atoms. The van der Waals surface area contributed by atoms with Gasteiger partial charge in [0.05, 0.1) is 12.1 Å². The summed E-state index contributed by atoms with van der Waals surface area (Å²) < 4.78 is 5.38. The molecule has 1 atom stereocenters. The Morgan fingerprint density at radius 2 is 1.50 bits per heavy atom. The lowest BCUT2D eigenvalue weighted by molar-refractivity contribution is -0.148. The number of carboxylic acid groups (broad SMARTS) is 1. The third kappa shape index (κ3) is 2.82. The van der Waals surface area contributed by atoms with E-state index in [1.54, 1.807) is 6.92 Å². The van der Waals surface area contributed by atoms with Gasteiger partial charge in [0.25, 0.3) is 0 Å². The lowest BCUT2D eigenvalue weighted by atomic mass is 9.78. The molecule has 0 bridgehead atoms. The number of hydrogen-bond acceptors (Lipinski definition) is 4. The molecule has 0 saturated heterocycles. The molecule has 2 aliphatic rings. The van der Waals surface area contributed by atoms with Crippen molar-refractivity contribution in [1.82, 2.24) is 4.90 Å². The van der Waals surface area contributed by atoms with E-state index in [4.69, 9.17) is 4.74 Å². The van der Waals surface area contributed by atoms with Crippen LogP contribution in [0.15, 0.2) is 90.5 Å². The van der Waals surface area contributed by atoms with Crippen LogP contribution in [-0.4, -0.2) is 41.1 Å². The lowest BCUT2D eigenvalue weighted by Gasteiger charge is -2.44. The Balaban J connectivity index is 1.83. The van der Waals surface area contributed by atoms with Gasteiger partial charge in [0.2, 0.25) is 0 Å². The number of ether oxygens (including phenoxy) is 1. The van der Waals surface area contributed by atoms with Crippen LogP contribution in [0.4, 0.5) is 0 Å². The van der Waals surface area contributed by atoms with Gasteiger partial charge in [0.1, 0.15) is 6.04 Å². The number of carbonyl (C=O) groups excluding carboxylic acids is 1. The number of rotatable bonds is 5. The molecular weight excluding hydrogens is 402 g/mol. The molecule has 1 heterocycles. The summed E-state index contributed by atoms with van der Waals surface area (Å²) in [6, 6.07) is 25.5. The summed E-state index contributed by atoms with van der Waals surface area (Å²) >= 11 is 0. The van der Waals surface area contributed by atoms with Crippen LogP contribution in [0.1, 0.15) is 23.6 Å². The second-order valence-electron chi connectivity index (χ2n) is 7.99. The SMILES string of the molecule is CCOC(=O)[C@@H]1C=C(C(=O)O)CN1C1(c2ccccc2)c2ccccc2-c2ccccc21. The van der Waals surface area contributed by atoms with Crippen molar-refractivity contribution in [2.24, 2.45) is 0 Å². The maximum absolute atomic E-state index is 13.1. The average Bonchev–Trinajstić information content (AvgIpc) is 3.39. The summed E-state index contributed by atoms with van der Waals surface area (Å²) in [4.78, 5) is 27.0. The fourth-order valence-corrected chi connectivity index (χ4v) is 5.18. The van der Waals surface area contributed by atoms with E-state index >= 15 is 0 Å². The Kier molecular flexibility index (Phi) is 4.91. The Bertz CT molecular complexity index is 1190. The van der Waals surface area contributed by atoms with E-state index in [0.29, 0.717) is 0 Å². The summed E-state index contributed by atoms with van der Waals surface area (Å²) in [5.41, 5.74) is 4.56. The quantitative estimate of drug-likeness (QED) is 0.620. The highest BCUT2D eigenvalue weighted by Gasteiger charge is 2.54. The first-order valence-electron chi connectivity index (χ1n) is 10.7. The molecule has 0 spiro atoms. The zero-order valence-corrected chi connectivity index (χ0v) is 17.7. The van der Waals surface area contributed by atoms with Crippen molar-refractivity contribution in [2.75, 3.05) is 13.2 Å². The number of nitrogens with zero attached hydrogens (tertiary/aromatic N) is 1. The van der Waals surface area contributed by atoms with Crippen LogP contribution >= 0.6 is 0 Å². The third-order valence-electron chi connectivity index (χ3n) is 6.38. The molecule has 0 radical (unpaired) electrons. The van der Waals surface area contributed by atoms with Crippen molar-refractivity contribution in [1.29, 1.82) is 0 Å². The van der Waals surface area contributed by atoms with Gasteiger partial charge in [0, 0.05) is 12.1 Å². The molecule has 1 N–H and O–H groups in total. The third-order valence-corrected chi connectivity index (χ3v) is 6.38. The molecule has 5 rings (SSSR count). The fourth-order valence-electron chi connectivity index (χ4n) is 5.18. The molecule has 0 aromatic heterocycles. The molecule has 160 valence electrons. The van der Waals surface area contributed by atoms with Gasteiger partial charge >= 0.3 is 11.9 Å². The van der Waals surface area contributed by atoms with Crippen LogP contribution in [-0.2, 0) is 19.9 Å². The van der Waals surface area contributed by atoms with Crippen molar-refractivity contribution in [3.8, 4) is 11.1 Å². The second kappa shape index (κ2) is 7.77. The minimum absolute atomic E-state index is 0.121. The number of fused-ring (bicyclic) bond motifs is 3. The van der Waals surface area contributed by atoms with Gasteiger partial charge in [-0.25, -0.2) is 9.59 Å². The minimum atomic E-state index is -1.02. The normalized spacial score (nSPS) is 18.5. The van der Waals surface area contributed by atoms with Crippen molar-refractivity contribution in [2.45, 2.75) is 18.5 Å². The summed E-state index contributed by atoms with van der Waals surface area (Å²) in [7, 11) is 0. The maximum Gasteiger partial charge on any atom is 0.332 e. The van der Waals surface area contributed by atoms with Gasteiger partial charge in [-0.2, -0.15) is 0 Å². The highest BCUT2D eigenvalue weighted by molar-refractivity contribution is 5.92. The van der Waals surface area contributed by atoms with Crippen LogP contribution < -0.4 is 0 Å². The average molecular weight is 425 g/mol. The first kappa shape index (κ1) is 20.2. The summed E-state index contributed by atoms with van der Waals surface area (Å²) in [5.74, 6) is -1.47. The van der Waals surface area contributed by atoms with Gasteiger partial charge < -0.3 is 9.84 Å². The van der Waals surface area contributed by atoms with Gasteiger partial charge in [-0.05, 0) is 40.8 Å². The van der Waals surface area contributed by atoms with Gasteiger partial charge in [-0.1, -0.05) is 78.9 Å². The first-order valence-corrected chi connectivity index (χ1v) is 10.7. The number of carbonyl (C=O) groups is 2. The molecule has 0 fully saturated rings. The van der Waals surface area contributed by atoms with Crippen LogP contribution in [0.2, 0.25) is 0 Å². The smallest absolute Gasteiger partial charge is 0.332 e. The second-order valence-corrected chi connectivity index (χ2v) is 7.99. The summed E-state index contributed by atoms with van der Waals surface area (Å²) in [5, 5.41) is 9.80. The van der Waals surface area contributed by atoms with E-state index in [1.807, 2.05) is 59.5 Å². The van der Waals surface area contributed by atoms with Crippen LogP contribution in [0, 0.1) is 0 Å². The maximum atomic E-state index is 13.1. The van der Waals surface area contributed by atoms with Crippen molar-refractivity contribution in [3.05, 3.63) is 107 Å². The highest BCUT2D eigenvalue weighted by atomic mass is 16.5. The van der Waals surface area contributed by atoms with Gasteiger partial charge in [0.15, 0.2) is 0 Å². The lowest BCUT2D eigenvalue weighted by Crippen LogP contribution is -2.52. The van der Waals surface area contributed by atoms with Gasteiger partial charge in [-0.3, -0.25) is 4.90 Å². The van der Waals surface area contributed by atoms with Crippen molar-refractivity contribution < 1.29 is 19.4 Å². The minimum Gasteiger partial charge on any atom is -0.478 e. The molecular formula is C27H23NO4. The Morgan fingerprint density at radius 3 is 2.06 bits per heavy atom. The number of hydrogen-bond donors (Lipinski definition) is 1. The van der Waals surface area contributed by atoms with E-state index in [1.165, 1.54) is 6.08 Å². The zero-order valence-electron chi connectivity index (χ0n) is 17.7. The van der Waals surface area contributed by atoms with E-state index in [9.17, 15) is 14.7 Å². The molecule has 3 aromatic rings. The highest BCUT2D eigenvalue weighted by Crippen LogP contribution is 2.55. The Labute approximate surface area is 186 Å². The molecule has 5 nitrogen and oxygen atoms in total. The first-order chi connectivity index (χ1) is 15.6. The Hall–Kier alpha value is -3.70. The predicted octanol–water partition coefficient (Wildman–Crippen LogP) is 4.22. The Morgan fingerprint density at radius 1 is 0.938 bits per heavy atom. The fraction of sp³-hybridized carbons (Fsp3) is 0.185. The van der Waals surface area contributed by atoms with Gasteiger partial charge in [-0.15, -0.1) is 0 Å². The number of carboxylic acids is 1. The zero-order chi connectivity index (χ0) is 22.3. The summed E-state index contributed by atoms with van der Waals surface area (Å²) in [6.45, 7) is 2.10. The monoisotopic (exact) mass is 425 g/mol. The van der Waals surface area contributed by atoms with E-state index in [-0.39, 0.29) is 18.7 Å². The number of esters is 1. The molecule has 1 aliphatic carbocycles. The molecule has 3 aromatic carbocycles.